The normalized spacial score (nSPS) is 14.9. The van der Waals surface area contributed by atoms with Gasteiger partial charge in [-0.15, -0.1) is 0 Å². The molecule has 1 aliphatic rings. The molecule has 1 aromatic rings. The molecule has 58 valence electrons. The molecular formula is C7H7NO3. The Kier molecular flexibility index (Phi) is 1.22. The highest BCUT2D eigenvalue weighted by Gasteiger charge is 2.22. The van der Waals surface area contributed by atoms with Crippen LogP contribution in [0.1, 0.15) is 21.7 Å². The molecule has 0 saturated heterocycles. The molecule has 1 aromatic heterocycles. The van der Waals surface area contributed by atoms with Crippen molar-refractivity contribution in [1.82, 2.24) is 5.32 Å². The van der Waals surface area contributed by atoms with E-state index in [1.165, 1.54) is 6.26 Å². The molecule has 0 unspecified atom stereocenters. The van der Waals surface area contributed by atoms with E-state index in [0.29, 0.717) is 13.1 Å². The number of carboxylic acid groups (broad SMARTS) is 1. The van der Waals surface area contributed by atoms with Crippen LogP contribution in [-0.4, -0.2) is 11.1 Å². The van der Waals surface area contributed by atoms with Crippen LogP contribution in [0.15, 0.2) is 10.7 Å². The molecule has 1 aliphatic heterocycles. The minimum Gasteiger partial charge on any atom is -0.475 e. The summed E-state index contributed by atoms with van der Waals surface area (Å²) in [5, 5.41) is 11.7. The monoisotopic (exact) mass is 153 g/mol. The number of carboxylic acids is 1. The van der Waals surface area contributed by atoms with E-state index in [1.807, 2.05) is 0 Å². The molecule has 11 heavy (non-hydrogen) atoms. The Balaban J connectivity index is 2.50. The van der Waals surface area contributed by atoms with Crippen LogP contribution in [0.25, 0.3) is 0 Å². The maximum Gasteiger partial charge on any atom is 0.372 e. The van der Waals surface area contributed by atoms with Gasteiger partial charge in [-0.1, -0.05) is 0 Å². The summed E-state index contributed by atoms with van der Waals surface area (Å²) in [6.07, 6.45) is 1.50. The van der Waals surface area contributed by atoms with Gasteiger partial charge in [0.05, 0.1) is 6.26 Å². The second kappa shape index (κ2) is 2.10. The lowest BCUT2D eigenvalue weighted by molar-refractivity contribution is 0.0660. The number of aromatic carboxylic acids is 1. The Labute approximate surface area is 62.8 Å². The van der Waals surface area contributed by atoms with E-state index in [-0.39, 0.29) is 5.76 Å². The molecule has 0 fully saturated rings. The number of carbonyl (C=O) groups is 1. The van der Waals surface area contributed by atoms with E-state index >= 15 is 0 Å². The molecule has 0 bridgehead atoms. The Bertz CT molecular complexity index is 303. The Morgan fingerprint density at radius 2 is 2.45 bits per heavy atom. The van der Waals surface area contributed by atoms with Crippen LogP contribution in [0.4, 0.5) is 0 Å². The third kappa shape index (κ3) is 0.832. The first-order chi connectivity index (χ1) is 5.29. The highest BCUT2D eigenvalue weighted by molar-refractivity contribution is 5.86. The summed E-state index contributed by atoms with van der Waals surface area (Å²) in [6.45, 7) is 1.32. The standard InChI is InChI=1S/C7H7NO3/c9-7(10)6-5-2-8-1-4(5)3-11-6/h3,8H,1-2H2,(H,9,10). The van der Waals surface area contributed by atoms with Gasteiger partial charge >= 0.3 is 5.97 Å². The van der Waals surface area contributed by atoms with Crippen molar-refractivity contribution in [2.24, 2.45) is 0 Å². The predicted octanol–water partition coefficient (Wildman–Crippen LogP) is 0.581. The first-order valence-corrected chi connectivity index (χ1v) is 3.32. The van der Waals surface area contributed by atoms with Crippen LogP contribution < -0.4 is 5.32 Å². The van der Waals surface area contributed by atoms with Gasteiger partial charge in [-0.3, -0.25) is 0 Å². The molecule has 2 heterocycles. The SMILES string of the molecule is O=C(O)c1occ2c1CNC2. The quantitative estimate of drug-likeness (QED) is 0.619. The minimum atomic E-state index is -0.991. The molecule has 2 rings (SSSR count). The van der Waals surface area contributed by atoms with Crippen LogP contribution in [-0.2, 0) is 13.1 Å². The number of hydrogen-bond acceptors (Lipinski definition) is 3. The van der Waals surface area contributed by atoms with Gasteiger partial charge in [-0.25, -0.2) is 4.79 Å². The molecule has 0 aliphatic carbocycles. The molecule has 4 nitrogen and oxygen atoms in total. The second-order valence-electron chi connectivity index (χ2n) is 2.48. The van der Waals surface area contributed by atoms with E-state index < -0.39 is 5.97 Å². The smallest absolute Gasteiger partial charge is 0.372 e. The highest BCUT2D eigenvalue weighted by atomic mass is 16.4. The summed E-state index contributed by atoms with van der Waals surface area (Å²) in [7, 11) is 0. The molecule has 0 spiro atoms. The van der Waals surface area contributed by atoms with Gasteiger partial charge in [0.25, 0.3) is 0 Å². The lowest BCUT2D eigenvalue weighted by Gasteiger charge is -1.90. The molecule has 0 amide bonds. The molecule has 0 aromatic carbocycles. The van der Waals surface area contributed by atoms with E-state index in [4.69, 9.17) is 9.52 Å². The number of fused-ring (bicyclic) bond motifs is 1. The average Bonchev–Trinajstić information content (AvgIpc) is 2.41. The molecule has 0 saturated carbocycles. The summed E-state index contributed by atoms with van der Waals surface area (Å²) in [5.74, 6) is -0.917. The Morgan fingerprint density at radius 3 is 3.18 bits per heavy atom. The number of hydrogen-bond donors (Lipinski definition) is 2. The maximum atomic E-state index is 10.5. The van der Waals surface area contributed by atoms with Crippen molar-refractivity contribution in [2.45, 2.75) is 13.1 Å². The van der Waals surface area contributed by atoms with Gasteiger partial charge in [-0.2, -0.15) is 0 Å². The van der Waals surface area contributed by atoms with Crippen LogP contribution in [0.2, 0.25) is 0 Å². The first kappa shape index (κ1) is 6.42. The Morgan fingerprint density at radius 1 is 1.64 bits per heavy atom. The predicted molar refractivity (Wildman–Crippen MR) is 36.2 cm³/mol. The highest BCUT2D eigenvalue weighted by Crippen LogP contribution is 2.21. The van der Waals surface area contributed by atoms with Crippen LogP contribution in [0.5, 0.6) is 0 Å². The largest absolute Gasteiger partial charge is 0.475 e. The van der Waals surface area contributed by atoms with Crippen molar-refractivity contribution < 1.29 is 14.3 Å². The van der Waals surface area contributed by atoms with Crippen molar-refractivity contribution in [3.8, 4) is 0 Å². The topological polar surface area (TPSA) is 62.5 Å². The zero-order valence-electron chi connectivity index (χ0n) is 5.76. The summed E-state index contributed by atoms with van der Waals surface area (Å²) in [6, 6.07) is 0. The molecular weight excluding hydrogens is 146 g/mol. The molecule has 2 N–H and O–H groups in total. The second-order valence-corrected chi connectivity index (χ2v) is 2.48. The Hall–Kier alpha value is -1.29. The van der Waals surface area contributed by atoms with Gasteiger partial charge in [0.1, 0.15) is 0 Å². The van der Waals surface area contributed by atoms with E-state index in [1.54, 1.807) is 0 Å². The van der Waals surface area contributed by atoms with Gasteiger partial charge in [0.15, 0.2) is 0 Å². The van der Waals surface area contributed by atoms with Crippen molar-refractivity contribution in [2.75, 3.05) is 0 Å². The number of nitrogens with one attached hydrogen (secondary N) is 1. The summed E-state index contributed by atoms with van der Waals surface area (Å²) in [5.41, 5.74) is 1.75. The third-order valence-corrected chi connectivity index (χ3v) is 1.79. The maximum absolute atomic E-state index is 10.5. The van der Waals surface area contributed by atoms with Crippen molar-refractivity contribution in [1.29, 1.82) is 0 Å². The van der Waals surface area contributed by atoms with E-state index in [9.17, 15) is 4.79 Å². The van der Waals surface area contributed by atoms with Crippen LogP contribution in [0.3, 0.4) is 0 Å². The summed E-state index contributed by atoms with van der Waals surface area (Å²) in [4.78, 5) is 10.5. The van der Waals surface area contributed by atoms with Gasteiger partial charge in [0, 0.05) is 24.2 Å². The number of furan rings is 1. The van der Waals surface area contributed by atoms with E-state index in [0.717, 1.165) is 11.1 Å². The van der Waals surface area contributed by atoms with Gasteiger partial charge < -0.3 is 14.8 Å². The lowest BCUT2D eigenvalue weighted by atomic mass is 10.2. The molecule has 4 heteroatoms. The zero-order chi connectivity index (χ0) is 7.84. The van der Waals surface area contributed by atoms with Crippen molar-refractivity contribution in [3.63, 3.8) is 0 Å². The summed E-state index contributed by atoms with van der Waals surface area (Å²) < 4.78 is 4.86. The first-order valence-electron chi connectivity index (χ1n) is 3.32. The lowest BCUT2D eigenvalue weighted by Crippen LogP contribution is -2.04. The average molecular weight is 153 g/mol. The molecule has 0 atom stereocenters. The molecule has 0 radical (unpaired) electrons. The minimum absolute atomic E-state index is 0.0741. The zero-order valence-corrected chi connectivity index (χ0v) is 5.76. The van der Waals surface area contributed by atoms with Crippen molar-refractivity contribution in [3.05, 3.63) is 23.2 Å². The van der Waals surface area contributed by atoms with Gasteiger partial charge in [0.2, 0.25) is 5.76 Å². The van der Waals surface area contributed by atoms with Crippen LogP contribution in [0, 0.1) is 0 Å². The van der Waals surface area contributed by atoms with E-state index in [2.05, 4.69) is 5.32 Å². The fraction of sp³-hybridized carbons (Fsp3) is 0.286. The van der Waals surface area contributed by atoms with Gasteiger partial charge in [-0.05, 0) is 0 Å². The fourth-order valence-corrected chi connectivity index (χ4v) is 1.26. The third-order valence-electron chi connectivity index (χ3n) is 1.79. The summed E-state index contributed by atoms with van der Waals surface area (Å²) >= 11 is 0. The van der Waals surface area contributed by atoms with Crippen LogP contribution >= 0.6 is 0 Å². The number of rotatable bonds is 1. The van der Waals surface area contributed by atoms with Crippen molar-refractivity contribution >= 4 is 5.97 Å². The fourth-order valence-electron chi connectivity index (χ4n) is 1.26.